The first-order valence-corrected chi connectivity index (χ1v) is 4.56. The molecule has 3 nitrogen and oxygen atoms in total. The van der Waals surface area contributed by atoms with Gasteiger partial charge in [-0.2, -0.15) is 0 Å². The van der Waals surface area contributed by atoms with E-state index in [4.69, 9.17) is 11.8 Å². The van der Waals surface area contributed by atoms with Gasteiger partial charge in [-0.25, -0.2) is 0 Å². The summed E-state index contributed by atoms with van der Waals surface area (Å²) in [7, 11) is 0. The normalized spacial score (nSPS) is 11.8. The highest BCUT2D eigenvalue weighted by Crippen LogP contribution is 2.27. The van der Waals surface area contributed by atoms with Crippen molar-refractivity contribution in [3.8, 4) is 18.1 Å². The third-order valence-electron chi connectivity index (χ3n) is 2.35. The summed E-state index contributed by atoms with van der Waals surface area (Å²) in [6.45, 7) is 1.75. The summed E-state index contributed by atoms with van der Waals surface area (Å²) in [5, 5.41) is 26.3. The minimum absolute atomic E-state index is 0.0409. The van der Waals surface area contributed by atoms with E-state index in [0.717, 1.165) is 6.21 Å². The van der Waals surface area contributed by atoms with Crippen LogP contribution in [0.15, 0.2) is 12.1 Å². The van der Waals surface area contributed by atoms with Crippen molar-refractivity contribution in [2.45, 2.75) is 19.4 Å². The molecule has 0 aliphatic heterocycles. The van der Waals surface area contributed by atoms with Crippen LogP contribution in [0.5, 0.6) is 5.75 Å². The van der Waals surface area contributed by atoms with E-state index in [2.05, 4.69) is 5.92 Å². The van der Waals surface area contributed by atoms with Crippen LogP contribution < -0.4 is 0 Å². The number of aromatic hydroxyl groups is 1. The van der Waals surface area contributed by atoms with Gasteiger partial charge in [0, 0.05) is 18.2 Å². The lowest BCUT2D eigenvalue weighted by Crippen LogP contribution is -2.01. The second kappa shape index (κ2) is 4.63. The molecule has 0 aliphatic rings. The maximum Gasteiger partial charge on any atom is 0.124 e. The number of hydrogen-bond donors (Lipinski definition) is 3. The lowest BCUT2D eigenvalue weighted by atomic mass is 9.96. The second-order valence-electron chi connectivity index (χ2n) is 3.28. The van der Waals surface area contributed by atoms with E-state index in [9.17, 15) is 10.2 Å². The number of nitrogens with one attached hydrogen (secondary N) is 1. The van der Waals surface area contributed by atoms with Crippen LogP contribution in [0.3, 0.4) is 0 Å². The van der Waals surface area contributed by atoms with Gasteiger partial charge >= 0.3 is 0 Å². The molecule has 0 saturated carbocycles. The molecule has 1 rings (SSSR count). The molecule has 1 aromatic rings. The number of hydrogen-bond acceptors (Lipinski definition) is 3. The fourth-order valence-electron chi connectivity index (χ4n) is 1.50. The van der Waals surface area contributed by atoms with Crippen molar-refractivity contribution in [2.75, 3.05) is 0 Å². The Hall–Kier alpha value is -1.79. The zero-order chi connectivity index (χ0) is 11.4. The first-order valence-electron chi connectivity index (χ1n) is 4.56. The third kappa shape index (κ3) is 2.17. The van der Waals surface area contributed by atoms with Crippen molar-refractivity contribution >= 4 is 6.21 Å². The van der Waals surface area contributed by atoms with Gasteiger partial charge in [0.15, 0.2) is 0 Å². The van der Waals surface area contributed by atoms with Gasteiger partial charge in [0.2, 0.25) is 0 Å². The Balaban J connectivity index is 3.22. The average Bonchev–Trinajstić information content (AvgIpc) is 2.18. The maximum atomic E-state index is 9.71. The van der Waals surface area contributed by atoms with Crippen LogP contribution in [0.25, 0.3) is 0 Å². The standard InChI is InChI=1S/C12H13NO2/c1-3-4-11(14)9-5-6-12(15)10(7-13)8(9)2/h1,5-7,11,13-15H,4H2,2H3. The van der Waals surface area contributed by atoms with Gasteiger partial charge in [0.1, 0.15) is 5.75 Å². The number of phenols is 1. The molecule has 0 aromatic heterocycles. The van der Waals surface area contributed by atoms with Crippen LogP contribution in [0.4, 0.5) is 0 Å². The monoisotopic (exact) mass is 203 g/mol. The van der Waals surface area contributed by atoms with E-state index < -0.39 is 6.10 Å². The Morgan fingerprint density at radius 1 is 1.60 bits per heavy atom. The van der Waals surface area contributed by atoms with Crippen LogP contribution in [0.2, 0.25) is 0 Å². The van der Waals surface area contributed by atoms with Crippen molar-refractivity contribution < 1.29 is 10.2 Å². The van der Waals surface area contributed by atoms with E-state index in [1.54, 1.807) is 13.0 Å². The summed E-state index contributed by atoms with van der Waals surface area (Å²) in [6, 6.07) is 3.09. The molecule has 15 heavy (non-hydrogen) atoms. The van der Waals surface area contributed by atoms with Crippen LogP contribution in [0.1, 0.15) is 29.2 Å². The van der Waals surface area contributed by atoms with E-state index in [0.29, 0.717) is 16.7 Å². The predicted octanol–water partition coefficient (Wildman–Crippen LogP) is 1.75. The SMILES string of the molecule is C#CCC(O)c1ccc(O)c(C=N)c1C. The molecule has 1 unspecified atom stereocenters. The molecule has 78 valence electrons. The molecule has 1 aromatic carbocycles. The van der Waals surface area contributed by atoms with Crippen LogP contribution in [-0.2, 0) is 0 Å². The number of phenolic OH excluding ortho intramolecular Hbond substituents is 1. The molecule has 0 spiro atoms. The molecule has 0 bridgehead atoms. The molecule has 0 radical (unpaired) electrons. The summed E-state index contributed by atoms with van der Waals surface area (Å²) in [5.41, 5.74) is 1.76. The Bertz CT molecular complexity index is 418. The van der Waals surface area contributed by atoms with Gasteiger partial charge in [0.25, 0.3) is 0 Å². The van der Waals surface area contributed by atoms with E-state index in [-0.39, 0.29) is 12.2 Å². The fourth-order valence-corrected chi connectivity index (χ4v) is 1.50. The van der Waals surface area contributed by atoms with Gasteiger partial charge in [-0.3, -0.25) is 0 Å². The fraction of sp³-hybridized carbons (Fsp3) is 0.250. The molecule has 1 atom stereocenters. The Morgan fingerprint density at radius 3 is 2.80 bits per heavy atom. The topological polar surface area (TPSA) is 64.3 Å². The molecule has 3 heteroatoms. The summed E-state index contributed by atoms with van der Waals surface area (Å²) >= 11 is 0. The second-order valence-corrected chi connectivity index (χ2v) is 3.28. The van der Waals surface area contributed by atoms with Gasteiger partial charge in [-0.15, -0.1) is 12.3 Å². The molecule has 0 amide bonds. The summed E-state index contributed by atoms with van der Waals surface area (Å²) < 4.78 is 0. The zero-order valence-corrected chi connectivity index (χ0v) is 8.49. The van der Waals surface area contributed by atoms with Crippen molar-refractivity contribution in [2.24, 2.45) is 0 Å². The summed E-state index contributed by atoms with van der Waals surface area (Å²) in [5.74, 6) is 2.42. The minimum Gasteiger partial charge on any atom is -0.507 e. The van der Waals surface area contributed by atoms with Crippen molar-refractivity contribution in [3.05, 3.63) is 28.8 Å². The Morgan fingerprint density at radius 2 is 2.27 bits per heavy atom. The van der Waals surface area contributed by atoms with Crippen LogP contribution in [0, 0.1) is 24.7 Å². The van der Waals surface area contributed by atoms with Crippen molar-refractivity contribution in [1.82, 2.24) is 0 Å². The molecular formula is C12H13NO2. The number of rotatable bonds is 3. The lowest BCUT2D eigenvalue weighted by Gasteiger charge is -2.13. The van der Waals surface area contributed by atoms with E-state index in [1.807, 2.05) is 0 Å². The van der Waals surface area contributed by atoms with Crippen LogP contribution in [-0.4, -0.2) is 16.4 Å². The molecule has 0 aliphatic carbocycles. The Labute approximate surface area is 88.9 Å². The molecule has 3 N–H and O–H groups in total. The largest absolute Gasteiger partial charge is 0.507 e. The smallest absolute Gasteiger partial charge is 0.124 e. The van der Waals surface area contributed by atoms with Crippen LogP contribution >= 0.6 is 0 Å². The quantitative estimate of drug-likeness (QED) is 0.517. The van der Waals surface area contributed by atoms with Gasteiger partial charge in [-0.1, -0.05) is 6.07 Å². The molecule has 0 heterocycles. The van der Waals surface area contributed by atoms with Gasteiger partial charge in [-0.05, 0) is 24.1 Å². The maximum absolute atomic E-state index is 9.71. The van der Waals surface area contributed by atoms with Crippen molar-refractivity contribution in [1.29, 1.82) is 5.41 Å². The zero-order valence-electron chi connectivity index (χ0n) is 8.49. The average molecular weight is 203 g/mol. The summed E-state index contributed by atoms with van der Waals surface area (Å²) in [4.78, 5) is 0. The first kappa shape index (κ1) is 11.3. The summed E-state index contributed by atoms with van der Waals surface area (Å²) in [6.07, 6.45) is 5.66. The molecular weight excluding hydrogens is 190 g/mol. The Kier molecular flexibility index (Phi) is 3.48. The predicted molar refractivity (Wildman–Crippen MR) is 59.1 cm³/mol. The number of aliphatic hydroxyl groups excluding tert-OH is 1. The van der Waals surface area contributed by atoms with Crippen molar-refractivity contribution in [3.63, 3.8) is 0 Å². The lowest BCUT2D eigenvalue weighted by molar-refractivity contribution is 0.183. The molecule has 0 fully saturated rings. The number of terminal acetylenes is 1. The van der Waals surface area contributed by atoms with Gasteiger partial charge in [0.05, 0.1) is 6.10 Å². The number of benzene rings is 1. The van der Waals surface area contributed by atoms with Gasteiger partial charge < -0.3 is 15.6 Å². The van der Waals surface area contributed by atoms with E-state index >= 15 is 0 Å². The molecule has 0 saturated heterocycles. The highest BCUT2D eigenvalue weighted by Gasteiger charge is 2.13. The highest BCUT2D eigenvalue weighted by molar-refractivity contribution is 5.83. The highest BCUT2D eigenvalue weighted by atomic mass is 16.3. The number of aliphatic hydroxyl groups is 1. The third-order valence-corrected chi connectivity index (χ3v) is 2.35. The van der Waals surface area contributed by atoms with E-state index in [1.165, 1.54) is 6.07 Å². The minimum atomic E-state index is -0.741. The first-order chi connectivity index (χ1) is 7.11.